The van der Waals surface area contributed by atoms with Crippen molar-refractivity contribution in [2.45, 2.75) is 12.5 Å². The van der Waals surface area contributed by atoms with E-state index in [2.05, 4.69) is 0 Å². The first-order valence-corrected chi connectivity index (χ1v) is 5.01. The molecule has 0 bridgehead atoms. The van der Waals surface area contributed by atoms with E-state index in [0.717, 1.165) is 17.6 Å². The fourth-order valence-electron chi connectivity index (χ4n) is 1.56. The van der Waals surface area contributed by atoms with E-state index in [1.165, 1.54) is 0 Å². The summed E-state index contributed by atoms with van der Waals surface area (Å²) in [6.45, 7) is 0. The van der Waals surface area contributed by atoms with Crippen LogP contribution in [0.5, 0.6) is 0 Å². The van der Waals surface area contributed by atoms with Gasteiger partial charge in [0.25, 0.3) is 0 Å². The summed E-state index contributed by atoms with van der Waals surface area (Å²) in [5.74, 6) is 0.0683. The van der Waals surface area contributed by atoms with Crippen LogP contribution in [-0.4, -0.2) is 11.8 Å². The molecule has 1 aliphatic carbocycles. The van der Waals surface area contributed by atoms with Gasteiger partial charge in [0.1, 0.15) is 0 Å². The summed E-state index contributed by atoms with van der Waals surface area (Å²) in [5, 5.41) is 0. The molecule has 76 valence electrons. The molecule has 0 amide bonds. The molecule has 0 saturated carbocycles. The highest BCUT2D eigenvalue weighted by Gasteiger charge is 2.12. The van der Waals surface area contributed by atoms with Crippen LogP contribution in [0.2, 0.25) is 0 Å². The van der Waals surface area contributed by atoms with Crippen molar-refractivity contribution < 1.29 is 4.79 Å². The van der Waals surface area contributed by atoms with Crippen molar-refractivity contribution in [3.8, 4) is 0 Å². The van der Waals surface area contributed by atoms with Gasteiger partial charge in [-0.05, 0) is 6.42 Å². The van der Waals surface area contributed by atoms with Crippen molar-refractivity contribution in [1.82, 2.24) is 0 Å². The van der Waals surface area contributed by atoms with Gasteiger partial charge in [0.05, 0.1) is 0 Å². The number of hydrogen-bond acceptors (Lipinski definition) is 2. The molecule has 2 rings (SSSR count). The van der Waals surface area contributed by atoms with E-state index in [1.54, 1.807) is 0 Å². The van der Waals surface area contributed by atoms with Crippen molar-refractivity contribution >= 4 is 5.78 Å². The minimum Gasteiger partial charge on any atom is -0.324 e. The highest BCUT2D eigenvalue weighted by molar-refractivity contribution is 6.10. The van der Waals surface area contributed by atoms with Crippen LogP contribution in [0.3, 0.4) is 0 Å². The zero-order chi connectivity index (χ0) is 10.7. The van der Waals surface area contributed by atoms with Crippen molar-refractivity contribution in [3.63, 3.8) is 0 Å². The average Bonchev–Trinajstić information content (AvgIpc) is 2.30. The zero-order valence-corrected chi connectivity index (χ0v) is 8.39. The van der Waals surface area contributed by atoms with Crippen LogP contribution in [0.1, 0.15) is 16.8 Å². The number of carbonyl (C=O) groups is 1. The normalized spacial score (nSPS) is 19.8. The van der Waals surface area contributed by atoms with Crippen molar-refractivity contribution in [2.75, 3.05) is 0 Å². The Morgan fingerprint density at radius 2 is 2.00 bits per heavy atom. The topological polar surface area (TPSA) is 43.1 Å². The van der Waals surface area contributed by atoms with Gasteiger partial charge >= 0.3 is 0 Å². The summed E-state index contributed by atoms with van der Waals surface area (Å²) in [5.41, 5.74) is 7.16. The molecule has 1 aromatic carbocycles. The Morgan fingerprint density at radius 1 is 1.27 bits per heavy atom. The quantitative estimate of drug-likeness (QED) is 0.741. The van der Waals surface area contributed by atoms with Crippen LogP contribution < -0.4 is 5.73 Å². The minimum atomic E-state index is 0.0531. The molecule has 1 atom stereocenters. The molecule has 0 saturated heterocycles. The highest BCUT2D eigenvalue weighted by Crippen LogP contribution is 2.14. The maximum Gasteiger partial charge on any atom is 0.192 e. The van der Waals surface area contributed by atoms with Gasteiger partial charge in [0, 0.05) is 17.2 Å². The Hall–Kier alpha value is -1.67. The number of Topliss-reactive ketones (excluding diaryl/α,β-unsaturated/α-hetero) is 1. The Balaban J connectivity index is 2.20. The van der Waals surface area contributed by atoms with Gasteiger partial charge in [-0.3, -0.25) is 4.79 Å². The average molecular weight is 199 g/mol. The maximum atomic E-state index is 11.9. The molecule has 15 heavy (non-hydrogen) atoms. The molecule has 1 aromatic rings. The number of ketones is 1. The summed E-state index contributed by atoms with van der Waals surface area (Å²) in [6.07, 6.45) is 6.32. The van der Waals surface area contributed by atoms with Gasteiger partial charge in [0.2, 0.25) is 0 Å². The number of nitrogens with two attached hydrogens (primary N) is 1. The SMILES string of the molecule is NC1C=CC(C(=O)c2ccccc2)=CC1. The fourth-order valence-corrected chi connectivity index (χ4v) is 1.56. The molecule has 2 N–H and O–H groups in total. The largest absolute Gasteiger partial charge is 0.324 e. The number of allylic oxidation sites excluding steroid dienone is 2. The standard InChI is InChI=1S/C13H13NO/c14-12-8-6-11(7-9-12)13(15)10-4-2-1-3-5-10/h1-8,12H,9,14H2. The second-order valence-electron chi connectivity index (χ2n) is 3.61. The molecule has 0 spiro atoms. The van der Waals surface area contributed by atoms with Crippen LogP contribution in [0, 0.1) is 0 Å². The summed E-state index contributed by atoms with van der Waals surface area (Å²) in [6, 6.07) is 9.34. The summed E-state index contributed by atoms with van der Waals surface area (Å²) in [4.78, 5) is 11.9. The summed E-state index contributed by atoms with van der Waals surface area (Å²) < 4.78 is 0. The Kier molecular flexibility index (Phi) is 2.79. The third-order valence-electron chi connectivity index (χ3n) is 2.43. The van der Waals surface area contributed by atoms with Gasteiger partial charge in [-0.1, -0.05) is 48.6 Å². The lowest BCUT2D eigenvalue weighted by Gasteiger charge is -2.10. The predicted molar refractivity (Wildman–Crippen MR) is 60.6 cm³/mol. The molecule has 0 radical (unpaired) electrons. The monoisotopic (exact) mass is 199 g/mol. The lowest BCUT2D eigenvalue weighted by atomic mass is 9.97. The summed E-state index contributed by atoms with van der Waals surface area (Å²) in [7, 11) is 0. The molecule has 0 aliphatic heterocycles. The van der Waals surface area contributed by atoms with Crippen LogP contribution in [0.25, 0.3) is 0 Å². The summed E-state index contributed by atoms with van der Waals surface area (Å²) >= 11 is 0. The van der Waals surface area contributed by atoms with Crippen LogP contribution >= 0.6 is 0 Å². The van der Waals surface area contributed by atoms with Gasteiger partial charge in [-0.2, -0.15) is 0 Å². The molecule has 0 fully saturated rings. The van der Waals surface area contributed by atoms with E-state index in [9.17, 15) is 4.79 Å². The fraction of sp³-hybridized carbons (Fsp3) is 0.154. The highest BCUT2D eigenvalue weighted by atomic mass is 16.1. The third-order valence-corrected chi connectivity index (χ3v) is 2.43. The van der Waals surface area contributed by atoms with E-state index in [-0.39, 0.29) is 11.8 Å². The smallest absolute Gasteiger partial charge is 0.192 e. The van der Waals surface area contributed by atoms with E-state index in [4.69, 9.17) is 5.73 Å². The first kappa shape index (κ1) is 9.87. The minimum absolute atomic E-state index is 0.0531. The second-order valence-corrected chi connectivity index (χ2v) is 3.61. The van der Waals surface area contributed by atoms with E-state index in [0.29, 0.717) is 0 Å². The van der Waals surface area contributed by atoms with Gasteiger partial charge in [0.15, 0.2) is 5.78 Å². The Bertz CT molecular complexity index is 417. The number of carbonyl (C=O) groups excluding carboxylic acids is 1. The predicted octanol–water partition coefficient (Wildman–Crippen LogP) is 2.08. The first-order chi connectivity index (χ1) is 7.27. The van der Waals surface area contributed by atoms with Crippen molar-refractivity contribution in [1.29, 1.82) is 0 Å². The van der Waals surface area contributed by atoms with Gasteiger partial charge < -0.3 is 5.73 Å². The van der Waals surface area contributed by atoms with E-state index < -0.39 is 0 Å². The first-order valence-electron chi connectivity index (χ1n) is 5.01. The third kappa shape index (κ3) is 2.22. The number of benzene rings is 1. The lowest BCUT2D eigenvalue weighted by molar-refractivity contribution is 0.103. The van der Waals surface area contributed by atoms with Gasteiger partial charge in [-0.15, -0.1) is 0 Å². The zero-order valence-electron chi connectivity index (χ0n) is 8.39. The molecule has 0 aromatic heterocycles. The van der Waals surface area contributed by atoms with Crippen molar-refractivity contribution in [3.05, 3.63) is 59.7 Å². The van der Waals surface area contributed by atoms with Crippen LogP contribution in [0.4, 0.5) is 0 Å². The van der Waals surface area contributed by atoms with E-state index in [1.807, 2.05) is 48.6 Å². The van der Waals surface area contributed by atoms with Crippen LogP contribution in [-0.2, 0) is 0 Å². The lowest BCUT2D eigenvalue weighted by Crippen LogP contribution is -2.19. The van der Waals surface area contributed by atoms with Gasteiger partial charge in [-0.25, -0.2) is 0 Å². The molecular formula is C13H13NO. The van der Waals surface area contributed by atoms with Crippen molar-refractivity contribution in [2.24, 2.45) is 5.73 Å². The van der Waals surface area contributed by atoms with E-state index >= 15 is 0 Å². The second kappa shape index (κ2) is 4.24. The molecule has 2 heteroatoms. The molecule has 1 unspecified atom stereocenters. The Labute approximate surface area is 89.1 Å². The van der Waals surface area contributed by atoms with Crippen LogP contribution in [0.15, 0.2) is 54.1 Å². The Morgan fingerprint density at radius 3 is 2.60 bits per heavy atom. The number of rotatable bonds is 2. The molecule has 1 aliphatic rings. The maximum absolute atomic E-state index is 11.9. The molecular weight excluding hydrogens is 186 g/mol. The number of hydrogen-bond donors (Lipinski definition) is 1. The molecule has 0 heterocycles. The molecule has 2 nitrogen and oxygen atoms in total.